The number of nitrogens with zero attached hydrogens (tertiary/aromatic N) is 1. The number of hydrogen-bond donors (Lipinski definition) is 2. The van der Waals surface area contributed by atoms with Gasteiger partial charge in [0.25, 0.3) is 0 Å². The van der Waals surface area contributed by atoms with E-state index in [1.54, 1.807) is 30.3 Å². The molecule has 0 saturated carbocycles. The monoisotopic (exact) mass is 445 g/mol. The van der Waals surface area contributed by atoms with E-state index in [1.807, 2.05) is 0 Å². The molecule has 11 heteroatoms. The number of fused-ring (bicyclic) bond motifs is 1. The highest BCUT2D eigenvalue weighted by Crippen LogP contribution is 2.41. The van der Waals surface area contributed by atoms with Gasteiger partial charge in [0.05, 0.1) is 40.1 Å². The summed E-state index contributed by atoms with van der Waals surface area (Å²) < 4.78 is 31.9. The van der Waals surface area contributed by atoms with E-state index in [-0.39, 0.29) is 19.9 Å². The maximum atomic E-state index is 12.4. The maximum absolute atomic E-state index is 12.4. The van der Waals surface area contributed by atoms with Gasteiger partial charge in [-0.15, -0.1) is 0 Å². The second kappa shape index (κ2) is 9.00. The molecule has 1 saturated heterocycles. The van der Waals surface area contributed by atoms with Crippen LogP contribution in [0.2, 0.25) is 0 Å². The number of urea groups is 1. The molecular weight excluding hydrogens is 422 g/mol. The molecule has 11 nitrogen and oxygen atoms in total. The number of cyclic esters (lactones) is 1. The Kier molecular flexibility index (Phi) is 5.97. The zero-order chi connectivity index (χ0) is 22.7. The van der Waals surface area contributed by atoms with Crippen molar-refractivity contribution < 1.29 is 38.0 Å². The smallest absolute Gasteiger partial charge is 0.414 e. The lowest BCUT2D eigenvalue weighted by Crippen LogP contribution is -2.37. The third-order valence-electron chi connectivity index (χ3n) is 4.96. The molecule has 2 aromatic rings. The molecule has 0 aromatic heterocycles. The average Bonchev–Trinajstić information content (AvgIpc) is 3.42. The van der Waals surface area contributed by atoms with E-state index in [1.165, 1.54) is 26.2 Å². The Bertz CT molecular complexity index is 1000. The Hall–Kier alpha value is -4.02. The second-order valence-electron chi connectivity index (χ2n) is 6.90. The molecule has 4 rings (SSSR count). The van der Waals surface area contributed by atoms with E-state index < -0.39 is 18.2 Å². The first kappa shape index (κ1) is 21.2. The SMILES string of the molecule is COc1cc(N2C[C@@H](CNC(=O)Nc3ccc4c(c3)OCO4)OC2=O)cc(OC)c1OC. The van der Waals surface area contributed by atoms with Crippen LogP contribution in [-0.2, 0) is 4.74 Å². The number of ether oxygens (including phenoxy) is 6. The van der Waals surface area contributed by atoms with Crippen molar-refractivity contribution in [1.29, 1.82) is 0 Å². The summed E-state index contributed by atoms with van der Waals surface area (Å²) in [6.45, 7) is 0.519. The standard InChI is InChI=1S/C21H23N3O8/c1-27-17-7-13(8-18(28-2)19(17)29-3)24-10-14(32-21(24)26)9-22-20(25)23-12-4-5-15-16(6-12)31-11-30-15/h4-8,14H,9-11H2,1-3H3,(H2,22,23,25)/t14-/m1/s1. The fraction of sp³-hybridized carbons (Fsp3) is 0.333. The molecule has 2 aromatic carbocycles. The number of methoxy groups -OCH3 is 3. The second-order valence-corrected chi connectivity index (χ2v) is 6.90. The molecule has 3 amide bonds. The minimum Gasteiger partial charge on any atom is -0.493 e. The lowest BCUT2D eigenvalue weighted by Gasteiger charge is -2.18. The third kappa shape index (κ3) is 4.22. The summed E-state index contributed by atoms with van der Waals surface area (Å²) in [6, 6.07) is 7.96. The first-order chi connectivity index (χ1) is 15.5. The van der Waals surface area contributed by atoms with Crippen LogP contribution in [0.5, 0.6) is 28.7 Å². The van der Waals surface area contributed by atoms with Crippen molar-refractivity contribution >= 4 is 23.5 Å². The average molecular weight is 445 g/mol. The van der Waals surface area contributed by atoms with E-state index >= 15 is 0 Å². The molecule has 2 aliphatic rings. The van der Waals surface area contributed by atoms with Gasteiger partial charge in [0.15, 0.2) is 23.0 Å². The Morgan fingerprint density at radius 3 is 2.47 bits per heavy atom. The molecule has 0 radical (unpaired) electrons. The molecule has 0 bridgehead atoms. The van der Waals surface area contributed by atoms with Crippen LogP contribution in [0.1, 0.15) is 0 Å². The molecule has 170 valence electrons. The van der Waals surface area contributed by atoms with Gasteiger partial charge in [0, 0.05) is 23.9 Å². The Morgan fingerprint density at radius 2 is 1.78 bits per heavy atom. The van der Waals surface area contributed by atoms with Crippen LogP contribution in [0, 0.1) is 0 Å². The van der Waals surface area contributed by atoms with Crippen LogP contribution in [0.15, 0.2) is 30.3 Å². The molecule has 1 fully saturated rings. The van der Waals surface area contributed by atoms with E-state index in [0.717, 1.165) is 0 Å². The fourth-order valence-corrected chi connectivity index (χ4v) is 3.42. The van der Waals surface area contributed by atoms with Crippen molar-refractivity contribution in [3.8, 4) is 28.7 Å². The molecule has 0 spiro atoms. The van der Waals surface area contributed by atoms with Crippen LogP contribution < -0.4 is 39.2 Å². The predicted molar refractivity (Wildman–Crippen MR) is 113 cm³/mol. The maximum Gasteiger partial charge on any atom is 0.414 e. The molecular formula is C21H23N3O8. The number of benzene rings is 2. The van der Waals surface area contributed by atoms with Crippen LogP contribution >= 0.6 is 0 Å². The summed E-state index contributed by atoms with van der Waals surface area (Å²) in [5.74, 6) is 2.44. The van der Waals surface area contributed by atoms with E-state index in [9.17, 15) is 9.59 Å². The van der Waals surface area contributed by atoms with Gasteiger partial charge in [0.2, 0.25) is 12.5 Å². The van der Waals surface area contributed by atoms with Gasteiger partial charge in [-0.2, -0.15) is 0 Å². The quantitative estimate of drug-likeness (QED) is 0.668. The van der Waals surface area contributed by atoms with Crippen LogP contribution in [0.3, 0.4) is 0 Å². The summed E-state index contributed by atoms with van der Waals surface area (Å²) in [5.41, 5.74) is 1.08. The molecule has 0 unspecified atom stereocenters. The minimum absolute atomic E-state index is 0.128. The lowest BCUT2D eigenvalue weighted by atomic mass is 10.2. The number of rotatable bonds is 7. The molecule has 32 heavy (non-hydrogen) atoms. The van der Waals surface area contributed by atoms with Gasteiger partial charge in [0.1, 0.15) is 6.10 Å². The zero-order valence-electron chi connectivity index (χ0n) is 17.8. The predicted octanol–water partition coefficient (Wildman–Crippen LogP) is 2.59. The number of nitrogens with one attached hydrogen (secondary N) is 2. The normalized spacial score (nSPS) is 16.4. The van der Waals surface area contributed by atoms with Crippen molar-refractivity contribution in [2.45, 2.75) is 6.10 Å². The number of carbonyl (C=O) groups excluding carboxylic acids is 2. The summed E-state index contributed by atoms with van der Waals surface area (Å²) in [5, 5.41) is 5.41. The van der Waals surface area contributed by atoms with E-state index in [0.29, 0.717) is 40.1 Å². The Balaban J connectivity index is 1.36. The molecule has 0 aliphatic carbocycles. The van der Waals surface area contributed by atoms with Crippen LogP contribution in [0.4, 0.5) is 21.0 Å². The number of hydrogen-bond acceptors (Lipinski definition) is 8. The van der Waals surface area contributed by atoms with Gasteiger partial charge in [-0.25, -0.2) is 9.59 Å². The van der Waals surface area contributed by atoms with Gasteiger partial charge in [-0.05, 0) is 12.1 Å². The Morgan fingerprint density at radius 1 is 1.06 bits per heavy atom. The highest BCUT2D eigenvalue weighted by Gasteiger charge is 2.33. The van der Waals surface area contributed by atoms with Gasteiger partial charge in [-0.1, -0.05) is 0 Å². The summed E-state index contributed by atoms with van der Waals surface area (Å²) in [6.07, 6.45) is -1.08. The number of anilines is 2. The highest BCUT2D eigenvalue weighted by molar-refractivity contribution is 5.92. The van der Waals surface area contributed by atoms with Gasteiger partial charge >= 0.3 is 12.1 Å². The first-order valence-electron chi connectivity index (χ1n) is 9.75. The third-order valence-corrected chi connectivity index (χ3v) is 4.96. The topological polar surface area (TPSA) is 117 Å². The van der Waals surface area contributed by atoms with Crippen molar-refractivity contribution in [3.05, 3.63) is 30.3 Å². The van der Waals surface area contributed by atoms with Crippen molar-refractivity contribution in [1.82, 2.24) is 5.32 Å². The Labute approximate surface area is 184 Å². The molecule has 2 aliphatic heterocycles. The van der Waals surface area contributed by atoms with Gasteiger partial charge < -0.3 is 39.1 Å². The summed E-state index contributed by atoms with van der Waals surface area (Å²) >= 11 is 0. The van der Waals surface area contributed by atoms with Crippen LogP contribution in [0.25, 0.3) is 0 Å². The lowest BCUT2D eigenvalue weighted by molar-refractivity contribution is 0.141. The molecule has 2 N–H and O–H groups in total. The summed E-state index contributed by atoms with van der Waals surface area (Å²) in [4.78, 5) is 26.1. The first-order valence-corrected chi connectivity index (χ1v) is 9.75. The number of amides is 3. The van der Waals surface area contributed by atoms with E-state index in [4.69, 9.17) is 28.4 Å². The van der Waals surface area contributed by atoms with Gasteiger partial charge in [-0.3, -0.25) is 4.90 Å². The number of carbonyl (C=O) groups is 2. The highest BCUT2D eigenvalue weighted by atomic mass is 16.7. The fourth-order valence-electron chi connectivity index (χ4n) is 3.42. The zero-order valence-corrected chi connectivity index (χ0v) is 17.8. The molecule has 1 atom stereocenters. The van der Waals surface area contributed by atoms with Crippen molar-refractivity contribution in [2.75, 3.05) is 51.4 Å². The molecule has 2 heterocycles. The van der Waals surface area contributed by atoms with Crippen LogP contribution in [-0.4, -0.2) is 59.4 Å². The van der Waals surface area contributed by atoms with E-state index in [2.05, 4.69) is 10.6 Å². The summed E-state index contributed by atoms with van der Waals surface area (Å²) in [7, 11) is 4.49. The van der Waals surface area contributed by atoms with Crippen molar-refractivity contribution in [2.24, 2.45) is 0 Å². The van der Waals surface area contributed by atoms with Crippen molar-refractivity contribution in [3.63, 3.8) is 0 Å². The largest absolute Gasteiger partial charge is 0.493 e. The minimum atomic E-state index is -0.540.